The Balaban J connectivity index is 2.46. The first-order valence-corrected chi connectivity index (χ1v) is 10.5. The van der Waals surface area contributed by atoms with Gasteiger partial charge in [0, 0.05) is 41.5 Å². The number of hydrogen-bond acceptors (Lipinski definition) is 3. The van der Waals surface area contributed by atoms with E-state index in [0.29, 0.717) is 5.41 Å². The summed E-state index contributed by atoms with van der Waals surface area (Å²) in [5.41, 5.74) is 0.483. The lowest BCUT2D eigenvalue weighted by atomic mass is 9.82. The van der Waals surface area contributed by atoms with E-state index in [9.17, 15) is 0 Å². The number of rotatable bonds is 7. The van der Waals surface area contributed by atoms with Gasteiger partial charge in [0.25, 0.3) is 0 Å². The van der Waals surface area contributed by atoms with E-state index < -0.39 is 8.07 Å². The molecule has 102 valence electrons. The first-order valence-electron chi connectivity index (χ1n) is 6.75. The Kier molecular flexibility index (Phi) is 6.13. The Morgan fingerprint density at radius 2 is 1.88 bits per heavy atom. The average molecular weight is 259 g/mol. The third-order valence-corrected chi connectivity index (χ3v) is 5.25. The third-order valence-electron chi connectivity index (χ3n) is 3.44. The van der Waals surface area contributed by atoms with Crippen molar-refractivity contribution >= 4 is 8.07 Å². The molecule has 0 atom stereocenters. The lowest BCUT2D eigenvalue weighted by Crippen LogP contribution is -2.44. The van der Waals surface area contributed by atoms with E-state index in [-0.39, 0.29) is 0 Å². The Bertz CT molecular complexity index is 210. The maximum absolute atomic E-state index is 5.53. The molecule has 0 bridgehead atoms. The Labute approximate surface area is 107 Å². The Morgan fingerprint density at radius 1 is 1.24 bits per heavy atom. The molecule has 0 radical (unpaired) electrons. The van der Waals surface area contributed by atoms with Gasteiger partial charge in [-0.25, -0.2) is 0 Å². The zero-order valence-corrected chi connectivity index (χ0v) is 13.0. The molecule has 0 amide bonds. The van der Waals surface area contributed by atoms with Crippen LogP contribution in [0.15, 0.2) is 0 Å². The molecule has 1 fully saturated rings. The maximum Gasteiger partial charge on any atom is 0.0587 e. The van der Waals surface area contributed by atoms with Gasteiger partial charge < -0.3 is 14.8 Å². The van der Waals surface area contributed by atoms with Crippen LogP contribution in [0.25, 0.3) is 0 Å². The Morgan fingerprint density at radius 3 is 2.41 bits per heavy atom. The minimum atomic E-state index is -1.01. The molecule has 0 aliphatic carbocycles. The molecule has 1 aliphatic rings. The summed E-state index contributed by atoms with van der Waals surface area (Å²) in [6.45, 7) is 12.2. The third kappa shape index (κ3) is 6.00. The first kappa shape index (κ1) is 15.2. The monoisotopic (exact) mass is 259 g/mol. The molecule has 3 nitrogen and oxygen atoms in total. The minimum Gasteiger partial charge on any atom is -0.383 e. The molecule has 0 aromatic heterocycles. The normalized spacial score (nSPS) is 20.5. The van der Waals surface area contributed by atoms with Gasteiger partial charge in [-0.15, -0.1) is 0 Å². The van der Waals surface area contributed by atoms with Crippen molar-refractivity contribution in [2.24, 2.45) is 5.41 Å². The summed E-state index contributed by atoms with van der Waals surface area (Å²) < 4.78 is 10.6. The summed E-state index contributed by atoms with van der Waals surface area (Å²) >= 11 is 0. The van der Waals surface area contributed by atoms with E-state index in [2.05, 4.69) is 25.0 Å². The summed E-state index contributed by atoms with van der Waals surface area (Å²) in [6, 6.07) is 1.41. The Hall–Kier alpha value is 0.0969. The molecule has 0 saturated carbocycles. The van der Waals surface area contributed by atoms with Crippen molar-refractivity contribution in [2.45, 2.75) is 38.5 Å². The topological polar surface area (TPSA) is 30.5 Å². The van der Waals surface area contributed by atoms with Crippen LogP contribution in [-0.2, 0) is 9.47 Å². The van der Waals surface area contributed by atoms with Crippen LogP contribution < -0.4 is 5.32 Å². The second kappa shape index (κ2) is 6.88. The van der Waals surface area contributed by atoms with Crippen LogP contribution in [0.3, 0.4) is 0 Å². The predicted molar refractivity (Wildman–Crippen MR) is 75.4 cm³/mol. The molecule has 1 heterocycles. The van der Waals surface area contributed by atoms with E-state index >= 15 is 0 Å². The molecule has 17 heavy (non-hydrogen) atoms. The van der Waals surface area contributed by atoms with Crippen molar-refractivity contribution in [3.8, 4) is 0 Å². The van der Waals surface area contributed by atoms with Crippen molar-refractivity contribution in [2.75, 3.05) is 40.0 Å². The zero-order valence-electron chi connectivity index (χ0n) is 12.0. The molecule has 0 spiro atoms. The first-order chi connectivity index (χ1) is 7.97. The lowest BCUT2D eigenvalue weighted by Gasteiger charge is -2.41. The van der Waals surface area contributed by atoms with Crippen molar-refractivity contribution in [1.29, 1.82) is 0 Å². The van der Waals surface area contributed by atoms with Gasteiger partial charge in [0.15, 0.2) is 0 Å². The van der Waals surface area contributed by atoms with E-state index in [4.69, 9.17) is 9.47 Å². The van der Waals surface area contributed by atoms with Gasteiger partial charge in [-0.05, 0) is 18.3 Å². The van der Waals surface area contributed by atoms with Gasteiger partial charge in [0.05, 0.1) is 6.61 Å². The zero-order chi connectivity index (χ0) is 12.8. The summed E-state index contributed by atoms with van der Waals surface area (Å²) in [7, 11) is 0.746. The molecule has 1 rings (SSSR count). The summed E-state index contributed by atoms with van der Waals surface area (Å²) in [6.07, 6.45) is 2.44. The number of ether oxygens (including phenoxy) is 2. The van der Waals surface area contributed by atoms with Gasteiger partial charge in [0.1, 0.15) is 0 Å². The molecular formula is C13H29NO2Si. The quantitative estimate of drug-likeness (QED) is 0.562. The van der Waals surface area contributed by atoms with Crippen molar-refractivity contribution in [3.05, 3.63) is 0 Å². The fraction of sp³-hybridized carbons (Fsp3) is 1.00. The van der Waals surface area contributed by atoms with Gasteiger partial charge in [-0.3, -0.25) is 0 Å². The average Bonchev–Trinajstić information content (AvgIpc) is 2.23. The van der Waals surface area contributed by atoms with E-state index in [1.807, 2.05) is 0 Å². The molecule has 1 saturated heterocycles. The minimum absolute atomic E-state index is 0.483. The maximum atomic E-state index is 5.53. The second-order valence-corrected chi connectivity index (χ2v) is 12.0. The van der Waals surface area contributed by atoms with Crippen molar-refractivity contribution < 1.29 is 9.47 Å². The van der Waals surface area contributed by atoms with Crippen LogP contribution in [0, 0.1) is 5.41 Å². The highest BCUT2D eigenvalue weighted by molar-refractivity contribution is 6.76. The molecule has 1 N–H and O–H groups in total. The number of methoxy groups -OCH3 is 1. The van der Waals surface area contributed by atoms with Crippen LogP contribution in [0.4, 0.5) is 0 Å². The van der Waals surface area contributed by atoms with Gasteiger partial charge in [0.2, 0.25) is 0 Å². The summed E-state index contributed by atoms with van der Waals surface area (Å²) in [4.78, 5) is 0. The van der Waals surface area contributed by atoms with Crippen LogP contribution in [0.1, 0.15) is 12.8 Å². The fourth-order valence-electron chi connectivity index (χ4n) is 2.87. The van der Waals surface area contributed by atoms with E-state index in [0.717, 1.165) is 32.9 Å². The largest absolute Gasteiger partial charge is 0.383 e. The molecule has 1 aliphatic heterocycles. The van der Waals surface area contributed by atoms with Gasteiger partial charge >= 0.3 is 0 Å². The molecule has 0 unspecified atom stereocenters. The predicted octanol–water partition coefficient (Wildman–Crippen LogP) is 2.36. The smallest absolute Gasteiger partial charge is 0.0587 e. The molecule has 0 aromatic carbocycles. The van der Waals surface area contributed by atoms with Crippen molar-refractivity contribution in [1.82, 2.24) is 5.32 Å². The van der Waals surface area contributed by atoms with Crippen LogP contribution in [0.2, 0.25) is 25.7 Å². The second-order valence-electron chi connectivity index (χ2n) is 6.52. The molecule has 4 heteroatoms. The van der Waals surface area contributed by atoms with Crippen LogP contribution >= 0.6 is 0 Å². The standard InChI is InChI=1S/C13H29NO2Si/c1-15-10-7-14-11-13(12-17(2,3)4)5-8-16-9-6-13/h14H,5-12H2,1-4H3. The van der Waals surface area contributed by atoms with Gasteiger partial charge in [-0.1, -0.05) is 25.7 Å². The van der Waals surface area contributed by atoms with Crippen LogP contribution in [0.5, 0.6) is 0 Å². The summed E-state index contributed by atoms with van der Waals surface area (Å²) in [5, 5.41) is 3.56. The summed E-state index contributed by atoms with van der Waals surface area (Å²) in [5.74, 6) is 0. The van der Waals surface area contributed by atoms with Crippen LogP contribution in [-0.4, -0.2) is 48.1 Å². The van der Waals surface area contributed by atoms with Gasteiger partial charge in [-0.2, -0.15) is 0 Å². The highest BCUT2D eigenvalue weighted by atomic mass is 28.3. The molecule has 0 aromatic rings. The fourth-order valence-corrected chi connectivity index (χ4v) is 5.60. The van der Waals surface area contributed by atoms with E-state index in [1.165, 1.54) is 18.9 Å². The van der Waals surface area contributed by atoms with E-state index in [1.54, 1.807) is 7.11 Å². The SMILES string of the molecule is COCCNCC1(C[Si](C)(C)C)CCOCC1. The number of nitrogens with one attached hydrogen (secondary N) is 1. The van der Waals surface area contributed by atoms with Crippen molar-refractivity contribution in [3.63, 3.8) is 0 Å². The lowest BCUT2D eigenvalue weighted by molar-refractivity contribution is 0.0229. The highest BCUT2D eigenvalue weighted by Crippen LogP contribution is 2.38. The number of hydrogen-bond donors (Lipinski definition) is 1. The molecular weight excluding hydrogens is 230 g/mol. The highest BCUT2D eigenvalue weighted by Gasteiger charge is 2.36.